The van der Waals surface area contributed by atoms with Crippen molar-refractivity contribution in [2.45, 2.75) is 32.9 Å². The molecule has 1 aromatic carbocycles. The highest BCUT2D eigenvalue weighted by Gasteiger charge is 2.31. The molecule has 1 fully saturated rings. The number of carbonyl (C=O) groups is 1. The molecule has 1 saturated heterocycles. The maximum atomic E-state index is 12.4. The third-order valence-electron chi connectivity index (χ3n) is 4.96. The second-order valence-corrected chi connectivity index (χ2v) is 9.23. The molecule has 7 nitrogen and oxygen atoms in total. The molecule has 0 aliphatic carbocycles. The van der Waals surface area contributed by atoms with Gasteiger partial charge in [-0.2, -0.15) is 5.10 Å². The zero-order chi connectivity index (χ0) is 19.6. The first-order valence-corrected chi connectivity index (χ1v) is 10.8. The van der Waals surface area contributed by atoms with Crippen LogP contribution in [0.5, 0.6) is 5.75 Å². The van der Waals surface area contributed by atoms with Crippen LogP contribution in [0.15, 0.2) is 30.3 Å². The number of benzene rings is 1. The summed E-state index contributed by atoms with van der Waals surface area (Å²) in [5, 5.41) is 4.55. The predicted octanol–water partition coefficient (Wildman–Crippen LogP) is 1.90. The Morgan fingerprint density at radius 3 is 2.63 bits per heavy atom. The van der Waals surface area contributed by atoms with Gasteiger partial charge in [-0.15, -0.1) is 0 Å². The van der Waals surface area contributed by atoms with Crippen LogP contribution in [0.4, 0.5) is 0 Å². The van der Waals surface area contributed by atoms with Crippen molar-refractivity contribution in [1.29, 1.82) is 0 Å². The topological polar surface area (TPSA) is 81.5 Å². The van der Waals surface area contributed by atoms with Crippen molar-refractivity contribution in [3.63, 3.8) is 0 Å². The summed E-state index contributed by atoms with van der Waals surface area (Å²) < 4.78 is 30.9. The number of rotatable bonds is 6. The number of sulfone groups is 1. The highest BCUT2D eigenvalue weighted by molar-refractivity contribution is 7.91. The summed E-state index contributed by atoms with van der Waals surface area (Å²) in [6, 6.07) is 9.09. The molecule has 1 aliphatic rings. The summed E-state index contributed by atoms with van der Waals surface area (Å²) in [6.45, 7) is 4.20. The van der Waals surface area contributed by atoms with E-state index in [0.29, 0.717) is 18.7 Å². The van der Waals surface area contributed by atoms with E-state index in [1.54, 1.807) is 24.1 Å². The van der Waals surface area contributed by atoms with Gasteiger partial charge in [0.2, 0.25) is 0 Å². The Bertz CT molecular complexity index is 922. The van der Waals surface area contributed by atoms with Gasteiger partial charge in [-0.05, 0) is 32.4 Å². The van der Waals surface area contributed by atoms with Gasteiger partial charge in [0.1, 0.15) is 5.75 Å². The number of para-hydroxylation sites is 1. The first-order chi connectivity index (χ1) is 12.8. The van der Waals surface area contributed by atoms with Gasteiger partial charge >= 0.3 is 0 Å². The number of nitrogens with zero attached hydrogens (tertiary/aromatic N) is 3. The first-order valence-electron chi connectivity index (χ1n) is 8.93. The lowest BCUT2D eigenvalue weighted by molar-refractivity contribution is -0.132. The molecule has 1 amide bonds. The van der Waals surface area contributed by atoms with Crippen LogP contribution in [-0.2, 0) is 21.2 Å². The average Bonchev–Trinajstić information content (AvgIpc) is 3.13. The van der Waals surface area contributed by atoms with Crippen LogP contribution in [0.1, 0.15) is 29.4 Å². The largest absolute Gasteiger partial charge is 0.484 e. The molecule has 0 unspecified atom stereocenters. The second-order valence-electron chi connectivity index (χ2n) is 7.00. The molecule has 146 valence electrons. The summed E-state index contributed by atoms with van der Waals surface area (Å²) in [7, 11) is -1.25. The van der Waals surface area contributed by atoms with Gasteiger partial charge in [0.15, 0.2) is 16.4 Å². The van der Waals surface area contributed by atoms with E-state index in [2.05, 4.69) is 5.10 Å². The number of likely N-dealkylation sites (N-methyl/N-ethyl adjacent to an activating group) is 1. The fourth-order valence-corrected chi connectivity index (χ4v) is 5.04. The maximum absolute atomic E-state index is 12.4. The van der Waals surface area contributed by atoms with Crippen LogP contribution in [-0.4, -0.2) is 54.2 Å². The van der Waals surface area contributed by atoms with Crippen molar-refractivity contribution < 1.29 is 17.9 Å². The van der Waals surface area contributed by atoms with E-state index in [1.807, 2.05) is 36.7 Å². The Morgan fingerprint density at radius 1 is 1.30 bits per heavy atom. The van der Waals surface area contributed by atoms with Crippen LogP contribution in [0.25, 0.3) is 0 Å². The summed E-state index contributed by atoms with van der Waals surface area (Å²) in [5.74, 6) is 0.866. The number of hydrogen-bond donors (Lipinski definition) is 0. The summed E-state index contributed by atoms with van der Waals surface area (Å²) >= 11 is 0. The molecule has 8 heteroatoms. The van der Waals surface area contributed by atoms with Gasteiger partial charge in [0.05, 0.1) is 23.2 Å². The highest BCUT2D eigenvalue weighted by atomic mass is 32.2. The van der Waals surface area contributed by atoms with Crippen molar-refractivity contribution >= 4 is 15.7 Å². The van der Waals surface area contributed by atoms with Crippen molar-refractivity contribution in [2.75, 3.05) is 25.2 Å². The molecule has 1 atom stereocenters. The molecule has 1 aliphatic heterocycles. The number of amides is 1. The molecule has 2 aromatic rings. The molecule has 2 heterocycles. The molecular formula is C19H25N3O4S. The normalized spacial score (nSPS) is 18.4. The maximum Gasteiger partial charge on any atom is 0.260 e. The lowest BCUT2D eigenvalue weighted by Crippen LogP contribution is -2.31. The summed E-state index contributed by atoms with van der Waals surface area (Å²) in [4.78, 5) is 14.0. The Balaban J connectivity index is 1.65. The molecule has 0 radical (unpaired) electrons. The molecule has 0 N–H and O–H groups in total. The van der Waals surface area contributed by atoms with Gasteiger partial charge in [-0.3, -0.25) is 9.48 Å². The van der Waals surface area contributed by atoms with E-state index < -0.39 is 9.84 Å². The van der Waals surface area contributed by atoms with E-state index in [-0.39, 0.29) is 30.1 Å². The second kappa shape index (κ2) is 7.72. The molecular weight excluding hydrogens is 366 g/mol. The third kappa shape index (κ3) is 4.50. The lowest BCUT2D eigenvalue weighted by Gasteiger charge is -2.18. The minimum atomic E-state index is -2.98. The van der Waals surface area contributed by atoms with Crippen molar-refractivity contribution in [3.05, 3.63) is 47.3 Å². The molecule has 0 bridgehead atoms. The molecule has 0 spiro atoms. The van der Waals surface area contributed by atoms with Gasteiger partial charge in [0.25, 0.3) is 5.91 Å². The Morgan fingerprint density at radius 2 is 2.00 bits per heavy atom. The lowest BCUT2D eigenvalue weighted by atomic mass is 10.1. The number of aromatic nitrogens is 2. The van der Waals surface area contributed by atoms with Crippen LogP contribution >= 0.6 is 0 Å². The van der Waals surface area contributed by atoms with Crippen LogP contribution in [0.2, 0.25) is 0 Å². The van der Waals surface area contributed by atoms with Crippen molar-refractivity contribution in [2.24, 2.45) is 0 Å². The fraction of sp³-hybridized carbons (Fsp3) is 0.474. The number of aryl methyl sites for hydroxylation is 1. The third-order valence-corrected chi connectivity index (χ3v) is 6.71. The number of ether oxygens (including phenoxy) is 1. The fourth-order valence-electron chi connectivity index (χ4n) is 3.35. The van der Waals surface area contributed by atoms with Gasteiger partial charge in [-0.1, -0.05) is 18.2 Å². The quantitative estimate of drug-likeness (QED) is 0.751. The van der Waals surface area contributed by atoms with E-state index in [9.17, 15) is 13.2 Å². The Labute approximate surface area is 159 Å². The number of hydrogen-bond acceptors (Lipinski definition) is 5. The number of carbonyl (C=O) groups excluding carboxylic acids is 1. The standard InChI is InChI=1S/C19H25N3O4S/c1-14-18(15(2)22(20-14)16-9-10-27(24,25)13-16)11-21(3)19(23)12-26-17-7-5-4-6-8-17/h4-8,16H,9-13H2,1-3H3/t16-/m0/s1. The van der Waals surface area contributed by atoms with Gasteiger partial charge in [0, 0.05) is 24.8 Å². The van der Waals surface area contributed by atoms with E-state index in [0.717, 1.165) is 17.0 Å². The van der Waals surface area contributed by atoms with Crippen molar-refractivity contribution in [3.8, 4) is 5.75 Å². The molecule has 27 heavy (non-hydrogen) atoms. The zero-order valence-electron chi connectivity index (χ0n) is 15.9. The average molecular weight is 391 g/mol. The monoisotopic (exact) mass is 391 g/mol. The van der Waals surface area contributed by atoms with Crippen LogP contribution < -0.4 is 4.74 Å². The van der Waals surface area contributed by atoms with E-state index >= 15 is 0 Å². The summed E-state index contributed by atoms with van der Waals surface area (Å²) in [5.41, 5.74) is 2.69. The van der Waals surface area contributed by atoms with E-state index in [4.69, 9.17) is 4.74 Å². The first kappa shape index (κ1) is 19.4. The van der Waals surface area contributed by atoms with Crippen LogP contribution in [0.3, 0.4) is 0 Å². The smallest absolute Gasteiger partial charge is 0.260 e. The Hall–Kier alpha value is -2.35. The minimum absolute atomic E-state index is 0.0341. The molecule has 3 rings (SSSR count). The minimum Gasteiger partial charge on any atom is -0.484 e. The highest BCUT2D eigenvalue weighted by Crippen LogP contribution is 2.27. The predicted molar refractivity (Wildman–Crippen MR) is 102 cm³/mol. The summed E-state index contributed by atoms with van der Waals surface area (Å²) in [6.07, 6.45) is 0.587. The van der Waals surface area contributed by atoms with Crippen LogP contribution in [0, 0.1) is 13.8 Å². The van der Waals surface area contributed by atoms with Crippen molar-refractivity contribution in [1.82, 2.24) is 14.7 Å². The molecule has 0 saturated carbocycles. The van der Waals surface area contributed by atoms with E-state index in [1.165, 1.54) is 0 Å². The van der Waals surface area contributed by atoms with Gasteiger partial charge < -0.3 is 9.64 Å². The van der Waals surface area contributed by atoms with Gasteiger partial charge in [-0.25, -0.2) is 8.42 Å². The molecule has 1 aromatic heterocycles. The Kier molecular flexibility index (Phi) is 5.55. The SMILES string of the molecule is Cc1nn([C@H]2CCS(=O)(=O)C2)c(C)c1CN(C)C(=O)COc1ccccc1. The zero-order valence-corrected chi connectivity index (χ0v) is 16.7.